The maximum absolute atomic E-state index is 9.30. The van der Waals surface area contributed by atoms with Crippen LogP contribution in [-0.4, -0.2) is 43.4 Å². The molecule has 0 aromatic heterocycles. The normalized spacial score (nSPS) is 25.4. The molecule has 0 radical (unpaired) electrons. The van der Waals surface area contributed by atoms with Crippen molar-refractivity contribution in [1.82, 2.24) is 0 Å². The zero-order valence-corrected chi connectivity index (χ0v) is 15.7. The van der Waals surface area contributed by atoms with E-state index in [2.05, 4.69) is 0 Å². The molecule has 0 aliphatic carbocycles. The molecule has 2 aromatic carbocycles. The molecule has 0 spiro atoms. The lowest BCUT2D eigenvalue weighted by Crippen LogP contribution is -2.51. The molecule has 0 amide bonds. The quantitative estimate of drug-likeness (QED) is 0.732. The van der Waals surface area contributed by atoms with Crippen LogP contribution in [0.2, 0.25) is 0 Å². The van der Waals surface area contributed by atoms with Gasteiger partial charge in [0.15, 0.2) is 6.29 Å². The fourth-order valence-corrected chi connectivity index (χ4v) is 3.30. The van der Waals surface area contributed by atoms with Crippen LogP contribution in [0.25, 0.3) is 0 Å². The van der Waals surface area contributed by atoms with Crippen molar-refractivity contribution in [1.29, 1.82) is 0 Å². The summed E-state index contributed by atoms with van der Waals surface area (Å²) in [5.41, 5.74) is 2.20. The van der Waals surface area contributed by atoms with Crippen LogP contribution in [-0.2, 0) is 32.2 Å². The minimum atomic E-state index is -0.528. The van der Waals surface area contributed by atoms with Crippen molar-refractivity contribution in [2.45, 2.75) is 50.7 Å². The molecule has 27 heavy (non-hydrogen) atoms. The molecule has 1 heterocycles. The van der Waals surface area contributed by atoms with E-state index in [0.717, 1.165) is 11.1 Å². The highest BCUT2D eigenvalue weighted by Crippen LogP contribution is 2.28. The van der Waals surface area contributed by atoms with E-state index in [4.69, 9.17) is 18.9 Å². The first-order chi connectivity index (χ1) is 13.3. The van der Waals surface area contributed by atoms with Gasteiger partial charge in [-0.15, -0.1) is 0 Å². The van der Waals surface area contributed by atoms with Crippen molar-refractivity contribution in [3.8, 4) is 0 Å². The predicted molar refractivity (Wildman–Crippen MR) is 102 cm³/mol. The third-order valence-electron chi connectivity index (χ3n) is 4.73. The number of aliphatic hydroxyl groups is 1. The summed E-state index contributed by atoms with van der Waals surface area (Å²) >= 11 is 0. The highest BCUT2D eigenvalue weighted by Gasteiger charge is 2.40. The molecule has 1 N–H and O–H groups in total. The average molecular weight is 372 g/mol. The molecular formula is C22H28O5. The Bertz CT molecular complexity index is 648. The molecule has 1 aliphatic heterocycles. The van der Waals surface area contributed by atoms with E-state index in [1.165, 1.54) is 0 Å². The third-order valence-corrected chi connectivity index (χ3v) is 4.73. The van der Waals surface area contributed by atoms with Gasteiger partial charge in [0.05, 0.1) is 25.4 Å². The van der Waals surface area contributed by atoms with Gasteiger partial charge in [0.2, 0.25) is 0 Å². The van der Waals surface area contributed by atoms with Gasteiger partial charge in [-0.3, -0.25) is 0 Å². The maximum Gasteiger partial charge on any atom is 0.186 e. The van der Waals surface area contributed by atoms with Crippen LogP contribution in [0.5, 0.6) is 0 Å². The van der Waals surface area contributed by atoms with Crippen molar-refractivity contribution >= 4 is 0 Å². The van der Waals surface area contributed by atoms with Crippen LogP contribution in [0.15, 0.2) is 60.7 Å². The molecule has 5 heteroatoms. The highest BCUT2D eigenvalue weighted by molar-refractivity contribution is 5.14. The molecular weight excluding hydrogens is 344 g/mol. The van der Waals surface area contributed by atoms with E-state index in [9.17, 15) is 5.11 Å². The lowest BCUT2D eigenvalue weighted by molar-refractivity contribution is -0.281. The van der Waals surface area contributed by atoms with Crippen LogP contribution < -0.4 is 0 Å². The zero-order chi connectivity index (χ0) is 18.9. The first kappa shape index (κ1) is 20.0. The fourth-order valence-electron chi connectivity index (χ4n) is 3.30. The summed E-state index contributed by atoms with van der Waals surface area (Å²) in [6, 6.07) is 20.1. The largest absolute Gasteiger partial charge is 0.396 e. The van der Waals surface area contributed by atoms with Crippen molar-refractivity contribution < 1.29 is 24.1 Å². The van der Waals surface area contributed by atoms with Crippen molar-refractivity contribution in [3.05, 3.63) is 71.8 Å². The van der Waals surface area contributed by atoms with Gasteiger partial charge >= 0.3 is 0 Å². The zero-order valence-electron chi connectivity index (χ0n) is 15.7. The Hall–Kier alpha value is -1.76. The second-order valence-electron chi connectivity index (χ2n) is 6.71. The van der Waals surface area contributed by atoms with Crippen LogP contribution in [0.4, 0.5) is 0 Å². The number of aliphatic hydroxyl groups excluding tert-OH is 1. The van der Waals surface area contributed by atoms with Crippen LogP contribution >= 0.6 is 0 Å². The summed E-state index contributed by atoms with van der Waals surface area (Å²) in [4.78, 5) is 0. The third kappa shape index (κ3) is 5.86. The lowest BCUT2D eigenvalue weighted by atomic mass is 9.99. The summed E-state index contributed by atoms with van der Waals surface area (Å²) in [6.45, 7) is 1.03. The topological polar surface area (TPSA) is 57.2 Å². The van der Waals surface area contributed by atoms with Gasteiger partial charge in [-0.05, 0) is 17.5 Å². The summed E-state index contributed by atoms with van der Waals surface area (Å²) in [5, 5.41) is 9.30. The average Bonchev–Trinajstić information content (AvgIpc) is 2.72. The smallest absolute Gasteiger partial charge is 0.186 e. The van der Waals surface area contributed by atoms with E-state index in [0.29, 0.717) is 26.1 Å². The van der Waals surface area contributed by atoms with Gasteiger partial charge in [0, 0.05) is 20.1 Å². The molecule has 0 saturated carbocycles. The Labute approximate surface area is 160 Å². The van der Waals surface area contributed by atoms with Crippen LogP contribution in [0.1, 0.15) is 24.0 Å². The minimum absolute atomic E-state index is 0.0715. The van der Waals surface area contributed by atoms with Crippen molar-refractivity contribution in [2.75, 3.05) is 13.7 Å². The molecule has 0 bridgehead atoms. The summed E-state index contributed by atoms with van der Waals surface area (Å²) in [5.74, 6) is 0. The summed E-state index contributed by atoms with van der Waals surface area (Å²) in [7, 11) is 1.61. The second-order valence-corrected chi connectivity index (χ2v) is 6.71. The maximum atomic E-state index is 9.30. The minimum Gasteiger partial charge on any atom is -0.396 e. The van der Waals surface area contributed by atoms with Gasteiger partial charge < -0.3 is 24.1 Å². The molecule has 1 saturated heterocycles. The molecule has 3 rings (SSSR count). The molecule has 0 unspecified atom stereocenters. The standard InChI is InChI=1S/C22H28O5/c1-24-22-21(26-16-18-10-6-3-7-11-18)20(14-19(27-22)12-13-23)25-15-17-8-4-2-5-9-17/h2-11,19-23H,12-16H2,1H3/t19-,20+,21-,22+/m1/s1. The lowest BCUT2D eigenvalue weighted by Gasteiger charge is -2.40. The number of rotatable bonds is 9. The van der Waals surface area contributed by atoms with Gasteiger partial charge in [-0.2, -0.15) is 0 Å². The predicted octanol–water partition coefficient (Wildman–Crippen LogP) is 3.30. The van der Waals surface area contributed by atoms with Crippen molar-refractivity contribution in [2.24, 2.45) is 0 Å². The molecule has 4 atom stereocenters. The molecule has 146 valence electrons. The fraction of sp³-hybridized carbons (Fsp3) is 0.455. The number of ether oxygens (including phenoxy) is 4. The van der Waals surface area contributed by atoms with E-state index in [-0.39, 0.29) is 24.9 Å². The van der Waals surface area contributed by atoms with Gasteiger partial charge in [0.1, 0.15) is 6.10 Å². The monoisotopic (exact) mass is 372 g/mol. The number of benzene rings is 2. The number of hydrogen-bond acceptors (Lipinski definition) is 5. The Kier molecular flexibility index (Phi) is 7.80. The van der Waals surface area contributed by atoms with Gasteiger partial charge in [-0.1, -0.05) is 60.7 Å². The van der Waals surface area contributed by atoms with Gasteiger partial charge in [-0.25, -0.2) is 0 Å². The van der Waals surface area contributed by atoms with Gasteiger partial charge in [0.25, 0.3) is 0 Å². The first-order valence-corrected chi connectivity index (χ1v) is 9.40. The first-order valence-electron chi connectivity index (χ1n) is 9.40. The Balaban J connectivity index is 1.68. The highest BCUT2D eigenvalue weighted by atomic mass is 16.7. The van der Waals surface area contributed by atoms with Crippen molar-refractivity contribution in [3.63, 3.8) is 0 Å². The number of hydrogen-bond donors (Lipinski definition) is 1. The summed E-state index contributed by atoms with van der Waals surface area (Å²) < 4.78 is 23.9. The van der Waals surface area contributed by atoms with Crippen LogP contribution in [0, 0.1) is 0 Å². The summed E-state index contributed by atoms with van der Waals surface area (Å²) in [6.07, 6.45) is 0.0542. The van der Waals surface area contributed by atoms with E-state index in [1.54, 1.807) is 7.11 Å². The molecule has 1 fully saturated rings. The van der Waals surface area contributed by atoms with E-state index < -0.39 is 6.29 Å². The Morgan fingerprint density at radius 1 is 0.926 bits per heavy atom. The van der Waals surface area contributed by atoms with E-state index >= 15 is 0 Å². The van der Waals surface area contributed by atoms with E-state index in [1.807, 2.05) is 60.7 Å². The molecule has 5 nitrogen and oxygen atoms in total. The molecule has 2 aromatic rings. The molecule has 1 aliphatic rings. The Morgan fingerprint density at radius 2 is 1.52 bits per heavy atom. The SMILES string of the molecule is CO[C@H]1O[C@H](CCO)C[C@H](OCc2ccccc2)[C@H]1OCc1ccccc1. The number of methoxy groups -OCH3 is 1. The Morgan fingerprint density at radius 3 is 2.07 bits per heavy atom. The second kappa shape index (κ2) is 10.5. The van der Waals surface area contributed by atoms with Crippen LogP contribution in [0.3, 0.4) is 0 Å².